The van der Waals surface area contributed by atoms with Crippen molar-refractivity contribution in [3.63, 3.8) is 0 Å². The van der Waals surface area contributed by atoms with Gasteiger partial charge in [0.1, 0.15) is 6.61 Å². The van der Waals surface area contributed by atoms with Crippen LogP contribution in [0.5, 0.6) is 0 Å². The van der Waals surface area contributed by atoms with Crippen molar-refractivity contribution >= 4 is 5.97 Å². The lowest BCUT2D eigenvalue weighted by atomic mass is 9.88. The van der Waals surface area contributed by atoms with Crippen LogP contribution in [0, 0.1) is 5.41 Å². The Bertz CT molecular complexity index is 367. The van der Waals surface area contributed by atoms with Gasteiger partial charge in [0, 0.05) is 6.42 Å². The van der Waals surface area contributed by atoms with Crippen LogP contribution < -0.4 is 0 Å². The number of carbonyl (C=O) groups is 1. The highest BCUT2D eigenvalue weighted by molar-refractivity contribution is 5.69. The number of aliphatic hydroxyl groups excluding tert-OH is 2. The van der Waals surface area contributed by atoms with Gasteiger partial charge in [-0.2, -0.15) is 0 Å². The number of esters is 1. The van der Waals surface area contributed by atoms with Crippen molar-refractivity contribution in [2.45, 2.75) is 110 Å². The first-order valence-corrected chi connectivity index (χ1v) is 11.7. The summed E-state index contributed by atoms with van der Waals surface area (Å²) < 4.78 is 5.23. The van der Waals surface area contributed by atoms with Crippen LogP contribution in [0.1, 0.15) is 110 Å². The summed E-state index contributed by atoms with van der Waals surface area (Å²) in [6, 6.07) is 0. The van der Waals surface area contributed by atoms with Crippen molar-refractivity contribution < 1.29 is 19.7 Å². The minimum Gasteiger partial charge on any atom is -0.465 e. The molecule has 0 fully saturated rings. The zero-order valence-electron chi connectivity index (χ0n) is 18.6. The predicted molar refractivity (Wildman–Crippen MR) is 117 cm³/mol. The second-order valence-electron chi connectivity index (χ2n) is 8.16. The van der Waals surface area contributed by atoms with E-state index in [1.54, 1.807) is 0 Å². The number of carbonyl (C=O) groups excluding carboxylic acids is 1. The summed E-state index contributed by atoms with van der Waals surface area (Å²) >= 11 is 0. The van der Waals surface area contributed by atoms with E-state index in [1.807, 2.05) is 6.92 Å². The van der Waals surface area contributed by atoms with Crippen LogP contribution in [0.3, 0.4) is 0 Å². The van der Waals surface area contributed by atoms with Gasteiger partial charge in [-0.05, 0) is 38.5 Å². The van der Waals surface area contributed by atoms with Gasteiger partial charge in [-0.15, -0.1) is 0 Å². The van der Waals surface area contributed by atoms with Crippen molar-refractivity contribution in [2.24, 2.45) is 5.41 Å². The van der Waals surface area contributed by atoms with Gasteiger partial charge in [0.2, 0.25) is 0 Å². The van der Waals surface area contributed by atoms with Gasteiger partial charge in [-0.1, -0.05) is 77.4 Å². The first-order valence-electron chi connectivity index (χ1n) is 11.7. The number of unbranched alkanes of at least 4 members (excludes halogenated alkanes) is 11. The molecule has 0 spiro atoms. The average molecular weight is 399 g/mol. The van der Waals surface area contributed by atoms with Crippen molar-refractivity contribution in [1.82, 2.24) is 0 Å². The number of allylic oxidation sites excluding steroid dienone is 2. The summed E-state index contributed by atoms with van der Waals surface area (Å²) in [4.78, 5) is 11.8. The molecule has 0 aromatic heterocycles. The van der Waals surface area contributed by atoms with Gasteiger partial charge < -0.3 is 14.9 Å². The zero-order valence-corrected chi connectivity index (χ0v) is 18.6. The Labute approximate surface area is 173 Å². The minimum absolute atomic E-state index is 0.0976. The highest BCUT2D eigenvalue weighted by atomic mass is 16.5. The lowest BCUT2D eigenvalue weighted by molar-refractivity contribution is -0.149. The Kier molecular flexibility index (Phi) is 18.8. The first kappa shape index (κ1) is 27.1. The molecule has 166 valence electrons. The Balaban J connectivity index is 3.45. The molecule has 0 rings (SSSR count). The van der Waals surface area contributed by atoms with E-state index in [-0.39, 0.29) is 25.8 Å². The van der Waals surface area contributed by atoms with Crippen molar-refractivity contribution in [2.75, 3.05) is 19.8 Å². The standard InChI is InChI=1S/C24H46O4/c1-3-5-6-7-8-9-10-11-12-13-14-15-16-17-18-19-23(27)28-22-24(4-2,20-25)21-26/h11-12,25-26H,3-10,13-22H2,1-2H3. The molecule has 4 nitrogen and oxygen atoms in total. The van der Waals surface area contributed by atoms with Crippen LogP contribution >= 0.6 is 0 Å². The number of hydrogen-bond donors (Lipinski definition) is 2. The lowest BCUT2D eigenvalue weighted by Gasteiger charge is -2.27. The summed E-state index contributed by atoms with van der Waals surface area (Å²) in [5.74, 6) is -0.225. The van der Waals surface area contributed by atoms with Crippen LogP contribution in [0.15, 0.2) is 12.2 Å². The summed E-state index contributed by atoms with van der Waals surface area (Å²) in [5, 5.41) is 18.7. The third kappa shape index (κ3) is 15.1. The van der Waals surface area contributed by atoms with Gasteiger partial charge >= 0.3 is 5.97 Å². The number of ether oxygens (including phenoxy) is 1. The van der Waals surface area contributed by atoms with Crippen molar-refractivity contribution in [1.29, 1.82) is 0 Å². The quantitative estimate of drug-likeness (QED) is 0.151. The van der Waals surface area contributed by atoms with Gasteiger partial charge in [0.25, 0.3) is 0 Å². The molecule has 0 unspecified atom stereocenters. The predicted octanol–water partition coefficient (Wildman–Crippen LogP) is 5.95. The molecule has 0 saturated heterocycles. The van der Waals surface area contributed by atoms with E-state index in [4.69, 9.17) is 4.74 Å². The third-order valence-corrected chi connectivity index (χ3v) is 5.60. The van der Waals surface area contributed by atoms with Gasteiger partial charge in [-0.25, -0.2) is 0 Å². The minimum atomic E-state index is -0.696. The molecule has 0 bridgehead atoms. The molecule has 0 saturated carbocycles. The zero-order chi connectivity index (χ0) is 20.9. The van der Waals surface area contributed by atoms with E-state index in [9.17, 15) is 15.0 Å². The molecule has 0 aromatic rings. The number of hydrogen-bond acceptors (Lipinski definition) is 4. The Morgan fingerprint density at radius 3 is 1.79 bits per heavy atom. The molecule has 0 atom stereocenters. The summed E-state index contributed by atoms with van der Waals surface area (Å²) in [7, 11) is 0. The Morgan fingerprint density at radius 1 is 0.786 bits per heavy atom. The topological polar surface area (TPSA) is 66.8 Å². The smallest absolute Gasteiger partial charge is 0.305 e. The van der Waals surface area contributed by atoms with E-state index >= 15 is 0 Å². The molecule has 0 aliphatic heterocycles. The number of rotatable bonds is 20. The molecule has 0 aromatic carbocycles. The maximum atomic E-state index is 11.8. The Hall–Kier alpha value is -0.870. The van der Waals surface area contributed by atoms with Crippen molar-refractivity contribution in [3.8, 4) is 0 Å². The van der Waals surface area contributed by atoms with Crippen LogP contribution in [-0.4, -0.2) is 36.0 Å². The summed E-state index contributed by atoms with van der Waals surface area (Å²) in [6.45, 7) is 3.90. The second-order valence-corrected chi connectivity index (χ2v) is 8.16. The fourth-order valence-electron chi connectivity index (χ4n) is 3.11. The molecule has 28 heavy (non-hydrogen) atoms. The number of aliphatic hydroxyl groups is 2. The van der Waals surface area contributed by atoms with Crippen LogP contribution in [0.4, 0.5) is 0 Å². The van der Waals surface area contributed by atoms with Gasteiger partial charge in [0.05, 0.1) is 18.6 Å². The second kappa shape index (κ2) is 19.4. The summed E-state index contributed by atoms with van der Waals surface area (Å²) in [6.07, 6.45) is 21.7. The van der Waals surface area contributed by atoms with Gasteiger partial charge in [-0.3, -0.25) is 4.79 Å². The molecule has 0 aliphatic carbocycles. The molecule has 0 aliphatic rings. The fraction of sp³-hybridized carbons (Fsp3) is 0.875. The molecular formula is C24H46O4. The van der Waals surface area contributed by atoms with Crippen molar-refractivity contribution in [3.05, 3.63) is 12.2 Å². The first-order chi connectivity index (χ1) is 13.6. The van der Waals surface area contributed by atoms with Crippen LogP contribution in [-0.2, 0) is 9.53 Å². The molecule has 2 N–H and O–H groups in total. The molecule has 4 heteroatoms. The van der Waals surface area contributed by atoms with E-state index in [0.717, 1.165) is 19.3 Å². The molecular weight excluding hydrogens is 352 g/mol. The molecule has 0 radical (unpaired) electrons. The summed E-state index contributed by atoms with van der Waals surface area (Å²) in [5.41, 5.74) is -0.696. The van der Waals surface area contributed by atoms with Crippen LogP contribution in [0.25, 0.3) is 0 Å². The van der Waals surface area contributed by atoms with Crippen LogP contribution in [0.2, 0.25) is 0 Å². The third-order valence-electron chi connectivity index (χ3n) is 5.60. The largest absolute Gasteiger partial charge is 0.465 e. The molecule has 0 amide bonds. The van der Waals surface area contributed by atoms with E-state index < -0.39 is 5.41 Å². The normalized spacial score (nSPS) is 12.0. The average Bonchev–Trinajstić information content (AvgIpc) is 2.72. The maximum Gasteiger partial charge on any atom is 0.305 e. The monoisotopic (exact) mass is 398 g/mol. The van der Waals surface area contributed by atoms with E-state index in [0.29, 0.717) is 12.8 Å². The SMILES string of the molecule is CCCCCCCCC=CCCCCCCCC(=O)OCC(CC)(CO)CO. The maximum absolute atomic E-state index is 11.8. The van der Waals surface area contributed by atoms with E-state index in [1.165, 1.54) is 64.2 Å². The van der Waals surface area contributed by atoms with Gasteiger partial charge in [0.15, 0.2) is 0 Å². The lowest BCUT2D eigenvalue weighted by Crippen LogP contribution is -2.35. The molecule has 0 heterocycles. The fourth-order valence-corrected chi connectivity index (χ4v) is 3.11. The van der Waals surface area contributed by atoms with E-state index in [2.05, 4.69) is 19.1 Å². The Morgan fingerprint density at radius 2 is 1.29 bits per heavy atom. The highest BCUT2D eigenvalue weighted by Crippen LogP contribution is 2.21. The highest BCUT2D eigenvalue weighted by Gasteiger charge is 2.28.